The molecule has 3 heterocycles. The molecule has 0 aromatic rings. The van der Waals surface area contributed by atoms with E-state index in [0.29, 0.717) is 30.7 Å². The molecule has 48 heavy (non-hydrogen) atoms. The van der Waals surface area contributed by atoms with E-state index in [1.54, 1.807) is 9.80 Å². The molecule has 2 spiro atoms. The lowest BCUT2D eigenvalue weighted by atomic mass is 9.46. The standard InChI is InChI=1S/C38H58N2O8/c1-21(2)30(48-33(44)39-16-6-17-39)25-9-7-24-31(46-25)29(41)28-23-8-10-26-35(3,4)27(47-34(45)40-18-12-22(19-40)32(42)43)11-13-38(26)20-37(23,38)15-14-36(24,28)5/h21-31,41H,6-20H2,1-5H3,(H,42,43). The minimum absolute atomic E-state index is 0.0367. The predicted molar refractivity (Wildman–Crippen MR) is 176 cm³/mol. The lowest BCUT2D eigenvalue weighted by Gasteiger charge is -2.59. The van der Waals surface area contributed by atoms with Crippen molar-refractivity contribution in [1.29, 1.82) is 0 Å². The number of carbonyl (C=O) groups excluding carboxylic acids is 2. The van der Waals surface area contributed by atoms with Crippen molar-refractivity contribution in [1.82, 2.24) is 9.80 Å². The van der Waals surface area contributed by atoms with Gasteiger partial charge in [0.2, 0.25) is 0 Å². The first-order valence-electron chi connectivity index (χ1n) is 19.2. The predicted octanol–water partition coefficient (Wildman–Crippen LogP) is 5.94. The van der Waals surface area contributed by atoms with E-state index in [1.807, 2.05) is 0 Å². The number of carbonyl (C=O) groups is 3. The van der Waals surface area contributed by atoms with Gasteiger partial charge in [-0.05, 0) is 116 Å². The van der Waals surface area contributed by atoms with Crippen molar-refractivity contribution < 1.29 is 38.8 Å². The molecule has 3 saturated heterocycles. The van der Waals surface area contributed by atoms with Crippen molar-refractivity contribution in [2.45, 2.75) is 136 Å². The maximum Gasteiger partial charge on any atom is 0.410 e. The van der Waals surface area contributed by atoms with Crippen molar-refractivity contribution >= 4 is 18.2 Å². The molecule has 0 bridgehead atoms. The van der Waals surface area contributed by atoms with E-state index in [0.717, 1.165) is 64.5 Å². The van der Waals surface area contributed by atoms with Gasteiger partial charge in [0.15, 0.2) is 0 Å². The maximum absolute atomic E-state index is 13.2. The highest BCUT2D eigenvalue weighted by atomic mass is 16.6. The molecule has 5 aliphatic carbocycles. The summed E-state index contributed by atoms with van der Waals surface area (Å²) in [4.78, 5) is 40.8. The van der Waals surface area contributed by atoms with Gasteiger partial charge in [0.1, 0.15) is 12.2 Å². The number of rotatable bonds is 5. The van der Waals surface area contributed by atoms with E-state index in [-0.39, 0.29) is 76.6 Å². The molecule has 8 aliphatic rings. The number of aliphatic hydroxyl groups is 1. The zero-order chi connectivity index (χ0) is 34.0. The van der Waals surface area contributed by atoms with E-state index >= 15 is 0 Å². The number of fused-ring (bicyclic) bond motifs is 4. The van der Waals surface area contributed by atoms with Crippen LogP contribution in [0.4, 0.5) is 9.59 Å². The number of hydrogen-bond acceptors (Lipinski definition) is 7. The second-order valence-electron chi connectivity index (χ2n) is 18.5. The Bertz CT molecular complexity index is 1330. The van der Waals surface area contributed by atoms with Crippen LogP contribution < -0.4 is 0 Å². The molecule has 0 aromatic carbocycles. The summed E-state index contributed by atoms with van der Waals surface area (Å²) in [6, 6.07) is 0. The third-order valence-corrected chi connectivity index (χ3v) is 16.0. The molecule has 268 valence electrons. The Labute approximate surface area is 285 Å². The highest BCUT2D eigenvalue weighted by Crippen LogP contribution is 2.87. The molecule has 0 radical (unpaired) electrons. The third-order valence-electron chi connectivity index (χ3n) is 16.0. The molecular formula is C38H58N2O8. The second kappa shape index (κ2) is 11.2. The monoisotopic (exact) mass is 670 g/mol. The summed E-state index contributed by atoms with van der Waals surface area (Å²) in [5, 5.41) is 21.7. The lowest BCUT2D eigenvalue weighted by molar-refractivity contribution is -0.165. The van der Waals surface area contributed by atoms with E-state index in [9.17, 15) is 24.6 Å². The number of hydrogen-bond donors (Lipinski definition) is 2. The topological polar surface area (TPSA) is 126 Å². The van der Waals surface area contributed by atoms with Gasteiger partial charge >= 0.3 is 18.2 Å². The van der Waals surface area contributed by atoms with Crippen LogP contribution in [0.25, 0.3) is 0 Å². The fraction of sp³-hybridized carbons (Fsp3) is 0.921. The Hall–Kier alpha value is -2.07. The number of nitrogens with zero attached hydrogens (tertiary/aromatic N) is 2. The highest BCUT2D eigenvalue weighted by molar-refractivity contribution is 5.74. The number of ether oxygens (including phenoxy) is 3. The number of likely N-dealkylation sites (tertiary alicyclic amines) is 2. The molecule has 10 nitrogen and oxygen atoms in total. The van der Waals surface area contributed by atoms with Crippen molar-refractivity contribution in [3.63, 3.8) is 0 Å². The van der Waals surface area contributed by atoms with Crippen LogP contribution in [0.3, 0.4) is 0 Å². The normalized spacial score (nSPS) is 47.4. The van der Waals surface area contributed by atoms with Crippen LogP contribution in [0, 0.1) is 57.2 Å². The van der Waals surface area contributed by atoms with Gasteiger partial charge in [-0.1, -0.05) is 34.6 Å². The van der Waals surface area contributed by atoms with Crippen molar-refractivity contribution in [3.05, 3.63) is 0 Å². The van der Waals surface area contributed by atoms with Crippen LogP contribution in [-0.4, -0.2) is 94.9 Å². The van der Waals surface area contributed by atoms with E-state index in [4.69, 9.17) is 14.2 Å². The molecule has 13 unspecified atom stereocenters. The molecular weight excluding hydrogens is 612 g/mol. The largest absolute Gasteiger partial charge is 0.481 e. The average molecular weight is 671 g/mol. The molecule has 8 fully saturated rings. The summed E-state index contributed by atoms with van der Waals surface area (Å²) in [6.07, 6.45) is 8.96. The maximum atomic E-state index is 13.2. The Morgan fingerprint density at radius 3 is 2.27 bits per heavy atom. The second-order valence-corrected chi connectivity index (χ2v) is 18.5. The molecule has 5 saturated carbocycles. The van der Waals surface area contributed by atoms with Gasteiger partial charge < -0.3 is 34.2 Å². The molecule has 2 amide bonds. The van der Waals surface area contributed by atoms with Gasteiger partial charge in [0, 0.05) is 31.6 Å². The SMILES string of the molecule is CC(C)C(OC(=O)N1CCC1)C1CCC2C(O1)C(O)C1C3CCC4C(C)(C)C(OC(=O)N5CCC(C(=O)O)C5)CCC45CC35CCC21C. The van der Waals surface area contributed by atoms with E-state index < -0.39 is 18.0 Å². The average Bonchev–Trinajstić information content (AvgIpc) is 3.28. The summed E-state index contributed by atoms with van der Waals surface area (Å²) in [7, 11) is 0. The summed E-state index contributed by atoms with van der Waals surface area (Å²) >= 11 is 0. The molecule has 10 heteroatoms. The Kier molecular flexibility index (Phi) is 7.73. The van der Waals surface area contributed by atoms with Gasteiger partial charge in [0.25, 0.3) is 0 Å². The number of carboxylic acids is 1. The first kappa shape index (κ1) is 33.1. The summed E-state index contributed by atoms with van der Waals surface area (Å²) in [5.41, 5.74) is 0.329. The van der Waals surface area contributed by atoms with Gasteiger partial charge in [0.05, 0.1) is 24.2 Å². The number of aliphatic hydroxyl groups excluding tert-OH is 1. The van der Waals surface area contributed by atoms with Gasteiger partial charge in [-0.15, -0.1) is 0 Å². The highest BCUT2D eigenvalue weighted by Gasteiger charge is 2.82. The summed E-state index contributed by atoms with van der Waals surface area (Å²) < 4.78 is 19.2. The number of aliphatic carboxylic acids is 1. The lowest BCUT2D eigenvalue weighted by Crippen LogP contribution is -2.56. The first-order valence-corrected chi connectivity index (χ1v) is 19.2. The molecule has 3 aliphatic heterocycles. The van der Waals surface area contributed by atoms with Crippen LogP contribution >= 0.6 is 0 Å². The van der Waals surface area contributed by atoms with Crippen molar-refractivity contribution in [2.75, 3.05) is 26.2 Å². The smallest absolute Gasteiger partial charge is 0.410 e. The molecule has 13 atom stereocenters. The van der Waals surface area contributed by atoms with Crippen molar-refractivity contribution in [2.24, 2.45) is 57.2 Å². The van der Waals surface area contributed by atoms with Crippen molar-refractivity contribution in [3.8, 4) is 0 Å². The van der Waals surface area contributed by atoms with Crippen LogP contribution in [0.15, 0.2) is 0 Å². The Morgan fingerprint density at radius 2 is 1.60 bits per heavy atom. The Morgan fingerprint density at radius 1 is 0.854 bits per heavy atom. The van der Waals surface area contributed by atoms with Gasteiger partial charge in [-0.3, -0.25) is 4.79 Å². The molecule has 0 aromatic heterocycles. The van der Waals surface area contributed by atoms with Crippen LogP contribution in [0.5, 0.6) is 0 Å². The molecule has 8 rings (SSSR count). The Balaban J connectivity index is 0.970. The quantitative estimate of drug-likeness (QED) is 0.368. The zero-order valence-electron chi connectivity index (χ0n) is 29.7. The van der Waals surface area contributed by atoms with E-state index in [2.05, 4.69) is 34.6 Å². The van der Waals surface area contributed by atoms with Crippen LogP contribution in [0.1, 0.15) is 105 Å². The fourth-order valence-corrected chi connectivity index (χ4v) is 13.4. The minimum Gasteiger partial charge on any atom is -0.481 e. The summed E-state index contributed by atoms with van der Waals surface area (Å²) in [6.45, 7) is 13.4. The zero-order valence-corrected chi connectivity index (χ0v) is 29.7. The molecule has 2 N–H and O–H groups in total. The number of amides is 2. The minimum atomic E-state index is -0.842. The third kappa shape index (κ3) is 4.58. The van der Waals surface area contributed by atoms with Gasteiger partial charge in [-0.2, -0.15) is 0 Å². The van der Waals surface area contributed by atoms with Crippen LogP contribution in [0.2, 0.25) is 0 Å². The fourth-order valence-electron chi connectivity index (χ4n) is 13.4. The number of carboxylic acid groups (broad SMARTS) is 1. The van der Waals surface area contributed by atoms with E-state index in [1.165, 1.54) is 12.8 Å². The van der Waals surface area contributed by atoms with Crippen LogP contribution in [-0.2, 0) is 19.0 Å². The van der Waals surface area contributed by atoms with Gasteiger partial charge in [-0.25, -0.2) is 9.59 Å². The first-order chi connectivity index (χ1) is 22.7. The summed E-state index contributed by atoms with van der Waals surface area (Å²) in [5.74, 6) is 0.227.